The highest BCUT2D eigenvalue weighted by Gasteiger charge is 2.20. The first-order valence-electron chi connectivity index (χ1n) is 5.23. The SMILES string of the molecule is O=S(=O)(Nc1ccccc1Br)c1cc(Cl)c(Cl)cc1Cl. The third-order valence-electron chi connectivity index (χ3n) is 2.38. The Labute approximate surface area is 140 Å². The van der Waals surface area contributed by atoms with E-state index in [1.54, 1.807) is 24.3 Å². The van der Waals surface area contributed by atoms with Crippen LogP contribution in [0.15, 0.2) is 45.8 Å². The van der Waals surface area contributed by atoms with E-state index in [4.69, 9.17) is 34.8 Å². The molecular formula is C12H7BrCl3NO2S. The fourth-order valence-electron chi connectivity index (χ4n) is 1.45. The van der Waals surface area contributed by atoms with E-state index in [1.165, 1.54) is 12.1 Å². The second kappa shape index (κ2) is 6.12. The van der Waals surface area contributed by atoms with E-state index in [-0.39, 0.29) is 20.0 Å². The first kappa shape index (κ1) is 15.9. The van der Waals surface area contributed by atoms with Crippen molar-refractivity contribution < 1.29 is 8.42 Å². The zero-order valence-corrected chi connectivity index (χ0v) is 14.4. The molecule has 0 bridgehead atoms. The zero-order chi connectivity index (χ0) is 14.9. The molecular weight excluding hydrogens is 408 g/mol. The smallest absolute Gasteiger partial charge is 0.263 e. The fourth-order valence-corrected chi connectivity index (χ4v) is 4.05. The third kappa shape index (κ3) is 3.40. The van der Waals surface area contributed by atoms with Crippen LogP contribution in [0.4, 0.5) is 5.69 Å². The van der Waals surface area contributed by atoms with Crippen LogP contribution in [0, 0.1) is 0 Å². The van der Waals surface area contributed by atoms with Gasteiger partial charge in [-0.05, 0) is 40.2 Å². The summed E-state index contributed by atoms with van der Waals surface area (Å²) < 4.78 is 27.7. The second-order valence-corrected chi connectivity index (χ2v) is 7.51. The van der Waals surface area contributed by atoms with E-state index in [1.807, 2.05) is 0 Å². The van der Waals surface area contributed by atoms with Gasteiger partial charge in [-0.25, -0.2) is 8.42 Å². The van der Waals surface area contributed by atoms with Gasteiger partial charge in [-0.15, -0.1) is 0 Å². The molecule has 2 aromatic carbocycles. The first-order chi connectivity index (χ1) is 9.31. The van der Waals surface area contributed by atoms with Crippen molar-refractivity contribution in [2.75, 3.05) is 4.72 Å². The van der Waals surface area contributed by atoms with Gasteiger partial charge in [0.2, 0.25) is 0 Å². The lowest BCUT2D eigenvalue weighted by Gasteiger charge is -2.11. The standard InChI is InChI=1S/C12H7BrCl3NO2S/c13-7-3-1-2-4-11(7)17-20(18,19)12-6-9(15)8(14)5-10(12)16/h1-6,17H. The van der Waals surface area contributed by atoms with Crippen LogP contribution in [0.2, 0.25) is 15.1 Å². The summed E-state index contributed by atoms with van der Waals surface area (Å²) in [5, 5.41) is 0.305. The average Bonchev–Trinajstić information content (AvgIpc) is 2.36. The topological polar surface area (TPSA) is 46.2 Å². The monoisotopic (exact) mass is 413 g/mol. The summed E-state index contributed by atoms with van der Waals surface area (Å²) in [5.74, 6) is 0. The molecule has 0 saturated heterocycles. The van der Waals surface area contributed by atoms with Gasteiger partial charge < -0.3 is 0 Å². The summed E-state index contributed by atoms with van der Waals surface area (Å²) in [6.07, 6.45) is 0. The highest BCUT2D eigenvalue weighted by atomic mass is 79.9. The van der Waals surface area contributed by atoms with Crippen molar-refractivity contribution in [3.8, 4) is 0 Å². The minimum Gasteiger partial charge on any atom is -0.278 e. The first-order valence-corrected chi connectivity index (χ1v) is 8.64. The molecule has 1 N–H and O–H groups in total. The summed E-state index contributed by atoms with van der Waals surface area (Å²) in [7, 11) is -3.86. The van der Waals surface area contributed by atoms with Gasteiger partial charge in [0.05, 0.1) is 20.8 Å². The van der Waals surface area contributed by atoms with Gasteiger partial charge in [0.1, 0.15) is 4.90 Å². The van der Waals surface area contributed by atoms with Gasteiger partial charge in [-0.3, -0.25) is 4.72 Å². The van der Waals surface area contributed by atoms with Crippen LogP contribution >= 0.6 is 50.7 Å². The molecule has 0 radical (unpaired) electrons. The Kier molecular flexibility index (Phi) is 4.87. The molecule has 0 heterocycles. The van der Waals surface area contributed by atoms with Gasteiger partial charge in [0.15, 0.2) is 0 Å². The van der Waals surface area contributed by atoms with E-state index in [2.05, 4.69) is 20.7 Å². The van der Waals surface area contributed by atoms with Gasteiger partial charge in [0.25, 0.3) is 10.0 Å². The molecule has 0 unspecified atom stereocenters. The number of hydrogen-bond donors (Lipinski definition) is 1. The molecule has 8 heteroatoms. The zero-order valence-electron chi connectivity index (χ0n) is 9.70. The molecule has 0 aliphatic carbocycles. The lowest BCUT2D eigenvalue weighted by atomic mass is 10.3. The molecule has 2 aromatic rings. The second-order valence-electron chi connectivity index (χ2n) is 3.78. The van der Waals surface area contributed by atoms with Crippen molar-refractivity contribution in [1.82, 2.24) is 0 Å². The van der Waals surface area contributed by atoms with E-state index < -0.39 is 10.0 Å². The number of sulfonamides is 1. The third-order valence-corrected chi connectivity index (χ3v) is 5.63. The summed E-state index contributed by atoms with van der Waals surface area (Å²) in [4.78, 5) is -0.135. The Morgan fingerprint density at radius 2 is 1.55 bits per heavy atom. The molecule has 106 valence electrons. The van der Waals surface area contributed by atoms with E-state index in [0.717, 1.165) is 0 Å². The average molecular weight is 416 g/mol. The van der Waals surface area contributed by atoms with Crippen LogP contribution < -0.4 is 4.72 Å². The highest BCUT2D eigenvalue weighted by molar-refractivity contribution is 9.10. The fraction of sp³-hybridized carbons (Fsp3) is 0. The minimum absolute atomic E-state index is 0.000969. The van der Waals surface area contributed by atoms with Crippen LogP contribution in [0.1, 0.15) is 0 Å². The van der Waals surface area contributed by atoms with Gasteiger partial charge in [0, 0.05) is 4.47 Å². The molecule has 3 nitrogen and oxygen atoms in total. The lowest BCUT2D eigenvalue weighted by Crippen LogP contribution is -2.13. The molecule has 20 heavy (non-hydrogen) atoms. The maximum atomic E-state index is 12.3. The maximum absolute atomic E-state index is 12.3. The number of anilines is 1. The molecule has 2 rings (SSSR count). The Morgan fingerprint density at radius 1 is 0.950 bits per heavy atom. The Morgan fingerprint density at radius 3 is 2.20 bits per heavy atom. The Bertz CT molecular complexity index is 765. The van der Waals surface area contributed by atoms with Crippen molar-refractivity contribution in [3.05, 3.63) is 55.9 Å². The van der Waals surface area contributed by atoms with E-state index >= 15 is 0 Å². The van der Waals surface area contributed by atoms with E-state index in [0.29, 0.717) is 10.2 Å². The Balaban J connectivity index is 2.47. The summed E-state index contributed by atoms with van der Waals surface area (Å²) in [6.45, 7) is 0. The van der Waals surface area contributed by atoms with Crippen molar-refractivity contribution in [2.24, 2.45) is 0 Å². The number of hydrogen-bond acceptors (Lipinski definition) is 2. The molecule has 0 spiro atoms. The molecule has 0 fully saturated rings. The van der Waals surface area contributed by atoms with Crippen LogP contribution in [-0.4, -0.2) is 8.42 Å². The number of rotatable bonds is 3. The van der Waals surface area contributed by atoms with Crippen molar-refractivity contribution >= 4 is 66.4 Å². The molecule has 0 saturated carbocycles. The van der Waals surface area contributed by atoms with Gasteiger partial charge >= 0.3 is 0 Å². The predicted molar refractivity (Wildman–Crippen MR) is 86.4 cm³/mol. The van der Waals surface area contributed by atoms with Crippen LogP contribution in [0.25, 0.3) is 0 Å². The molecule has 0 aliphatic heterocycles. The molecule has 0 aliphatic rings. The van der Waals surface area contributed by atoms with E-state index in [9.17, 15) is 8.42 Å². The van der Waals surface area contributed by atoms with Crippen molar-refractivity contribution in [3.63, 3.8) is 0 Å². The molecule has 0 aromatic heterocycles. The van der Waals surface area contributed by atoms with Crippen LogP contribution in [0.3, 0.4) is 0 Å². The van der Waals surface area contributed by atoms with Gasteiger partial charge in [-0.2, -0.15) is 0 Å². The molecule has 0 amide bonds. The highest BCUT2D eigenvalue weighted by Crippen LogP contribution is 2.33. The minimum atomic E-state index is -3.86. The van der Waals surface area contributed by atoms with Gasteiger partial charge in [-0.1, -0.05) is 46.9 Å². The number of benzene rings is 2. The van der Waals surface area contributed by atoms with Crippen molar-refractivity contribution in [1.29, 1.82) is 0 Å². The maximum Gasteiger partial charge on any atom is 0.263 e. The summed E-state index contributed by atoms with van der Waals surface area (Å²) in [6, 6.07) is 9.32. The Hall–Kier alpha value is -0.460. The summed E-state index contributed by atoms with van der Waals surface area (Å²) in [5.41, 5.74) is 0.398. The largest absolute Gasteiger partial charge is 0.278 e. The normalized spacial score (nSPS) is 11.4. The quantitative estimate of drug-likeness (QED) is 0.700. The lowest BCUT2D eigenvalue weighted by molar-refractivity contribution is 0.601. The predicted octanol–water partition coefficient (Wildman–Crippen LogP) is 5.21. The number of para-hydroxylation sites is 1. The number of nitrogens with one attached hydrogen (secondary N) is 1. The van der Waals surface area contributed by atoms with Crippen LogP contribution in [-0.2, 0) is 10.0 Å². The number of halogens is 4. The van der Waals surface area contributed by atoms with Crippen molar-refractivity contribution in [2.45, 2.75) is 4.90 Å². The van der Waals surface area contributed by atoms with Crippen LogP contribution in [0.5, 0.6) is 0 Å². The molecule has 0 atom stereocenters. The summed E-state index contributed by atoms with van der Waals surface area (Å²) >= 11 is 20.8.